The van der Waals surface area contributed by atoms with Gasteiger partial charge in [-0.15, -0.1) is 11.3 Å². The first-order valence-corrected chi connectivity index (χ1v) is 9.87. The first kappa shape index (κ1) is 18.4. The lowest BCUT2D eigenvalue weighted by Gasteiger charge is -2.25. The van der Waals surface area contributed by atoms with Crippen molar-refractivity contribution in [1.82, 2.24) is 14.3 Å². The van der Waals surface area contributed by atoms with Crippen LogP contribution in [0.1, 0.15) is 30.6 Å². The predicted octanol–water partition coefficient (Wildman–Crippen LogP) is 2.41. The van der Waals surface area contributed by atoms with Crippen molar-refractivity contribution in [1.29, 1.82) is 0 Å². The number of esters is 1. The molecule has 1 saturated heterocycles. The summed E-state index contributed by atoms with van der Waals surface area (Å²) in [5.41, 5.74) is 1.22. The Morgan fingerprint density at radius 1 is 1.32 bits per heavy atom. The zero-order valence-electron chi connectivity index (χ0n) is 15.3. The monoisotopic (exact) mass is 397 g/mol. The van der Waals surface area contributed by atoms with Crippen molar-refractivity contribution in [2.45, 2.75) is 26.0 Å². The fourth-order valence-electron chi connectivity index (χ4n) is 3.40. The van der Waals surface area contributed by atoms with Gasteiger partial charge in [0.15, 0.2) is 4.96 Å². The maximum atomic E-state index is 12.5. The molecule has 1 aromatic carbocycles. The number of fused-ring (bicyclic) bond motifs is 1. The van der Waals surface area contributed by atoms with Crippen LogP contribution in [0.4, 0.5) is 0 Å². The van der Waals surface area contributed by atoms with E-state index in [0.717, 1.165) is 5.56 Å². The number of aromatic nitrogens is 2. The van der Waals surface area contributed by atoms with E-state index in [2.05, 4.69) is 4.98 Å². The second-order valence-corrected chi connectivity index (χ2v) is 7.66. The van der Waals surface area contributed by atoms with Gasteiger partial charge in [0.2, 0.25) is 5.91 Å². The van der Waals surface area contributed by atoms with Gasteiger partial charge >= 0.3 is 5.97 Å². The van der Waals surface area contributed by atoms with Gasteiger partial charge < -0.3 is 9.64 Å². The zero-order chi connectivity index (χ0) is 19.7. The third-order valence-corrected chi connectivity index (χ3v) is 5.72. The Bertz CT molecular complexity index is 1080. The summed E-state index contributed by atoms with van der Waals surface area (Å²) in [7, 11) is 0. The molecule has 4 rings (SSSR count). The molecule has 0 bridgehead atoms. The highest BCUT2D eigenvalue weighted by Gasteiger charge is 2.37. The first-order chi connectivity index (χ1) is 13.5. The van der Waals surface area contributed by atoms with E-state index in [4.69, 9.17) is 4.74 Å². The summed E-state index contributed by atoms with van der Waals surface area (Å²) in [6.45, 7) is 2.20. The molecule has 3 heterocycles. The van der Waals surface area contributed by atoms with Gasteiger partial charge in [-0.25, -0.2) is 4.98 Å². The van der Waals surface area contributed by atoms with E-state index >= 15 is 0 Å². The number of hydrogen-bond donors (Lipinski definition) is 0. The fourth-order valence-corrected chi connectivity index (χ4v) is 4.14. The highest BCUT2D eigenvalue weighted by atomic mass is 32.1. The van der Waals surface area contributed by atoms with Crippen LogP contribution in [0.5, 0.6) is 0 Å². The molecule has 0 spiro atoms. The van der Waals surface area contributed by atoms with E-state index in [-0.39, 0.29) is 30.5 Å². The molecule has 8 heteroatoms. The number of thiazole rings is 1. The van der Waals surface area contributed by atoms with E-state index in [1.807, 2.05) is 37.3 Å². The lowest BCUT2D eigenvalue weighted by molar-refractivity contribution is -0.149. The molecule has 3 aromatic rings. The van der Waals surface area contributed by atoms with Crippen LogP contribution < -0.4 is 5.56 Å². The molecule has 0 N–H and O–H groups in total. The molecular formula is C20H19N3O4S. The molecule has 0 saturated carbocycles. The van der Waals surface area contributed by atoms with Gasteiger partial charge in [-0.2, -0.15) is 0 Å². The molecule has 7 nitrogen and oxygen atoms in total. The summed E-state index contributed by atoms with van der Waals surface area (Å²) < 4.78 is 6.79. The number of carbonyl (C=O) groups excluding carboxylic acids is 2. The molecule has 0 aliphatic carbocycles. The van der Waals surface area contributed by atoms with Crippen LogP contribution in [0.25, 0.3) is 4.96 Å². The number of ether oxygens (including phenoxy) is 1. The van der Waals surface area contributed by atoms with E-state index in [0.29, 0.717) is 17.2 Å². The zero-order valence-corrected chi connectivity index (χ0v) is 16.1. The SMILES string of the molecule is C[C@H](c1ccccc1)N1C[C@H](C(=O)OCc2cc(=O)n3ccsc3n2)CC1=O. The Hall–Kier alpha value is -3.00. The van der Waals surface area contributed by atoms with Crippen LogP contribution in [0.2, 0.25) is 0 Å². The number of amides is 1. The summed E-state index contributed by atoms with van der Waals surface area (Å²) >= 11 is 1.34. The van der Waals surface area contributed by atoms with Gasteiger partial charge in [0.05, 0.1) is 17.7 Å². The highest BCUT2D eigenvalue weighted by molar-refractivity contribution is 7.15. The minimum absolute atomic E-state index is 0.0605. The Balaban J connectivity index is 1.40. The molecule has 1 aliphatic rings. The molecule has 0 radical (unpaired) electrons. The number of benzene rings is 1. The van der Waals surface area contributed by atoms with Crippen molar-refractivity contribution < 1.29 is 14.3 Å². The Morgan fingerprint density at radius 2 is 2.11 bits per heavy atom. The van der Waals surface area contributed by atoms with E-state index in [1.165, 1.54) is 21.8 Å². The van der Waals surface area contributed by atoms with Gasteiger partial charge in [0.25, 0.3) is 5.56 Å². The molecule has 1 aliphatic heterocycles. The third kappa shape index (κ3) is 3.55. The molecule has 144 valence electrons. The van der Waals surface area contributed by atoms with Crippen molar-refractivity contribution in [2.24, 2.45) is 5.92 Å². The molecule has 2 atom stereocenters. The van der Waals surface area contributed by atoms with Crippen molar-refractivity contribution >= 4 is 28.2 Å². The van der Waals surface area contributed by atoms with Crippen molar-refractivity contribution in [2.75, 3.05) is 6.54 Å². The Morgan fingerprint density at radius 3 is 2.89 bits per heavy atom. The second-order valence-electron chi connectivity index (χ2n) is 6.78. The van der Waals surface area contributed by atoms with Gasteiger partial charge in [0, 0.05) is 30.6 Å². The van der Waals surface area contributed by atoms with Gasteiger partial charge in [0.1, 0.15) is 6.61 Å². The van der Waals surface area contributed by atoms with Gasteiger partial charge in [-0.05, 0) is 12.5 Å². The van der Waals surface area contributed by atoms with E-state index in [9.17, 15) is 14.4 Å². The predicted molar refractivity (Wildman–Crippen MR) is 104 cm³/mol. The number of nitrogens with zero attached hydrogens (tertiary/aromatic N) is 3. The summed E-state index contributed by atoms with van der Waals surface area (Å²) in [6.07, 6.45) is 1.79. The van der Waals surface area contributed by atoms with Crippen LogP contribution in [0.15, 0.2) is 52.8 Å². The highest BCUT2D eigenvalue weighted by Crippen LogP contribution is 2.29. The quantitative estimate of drug-likeness (QED) is 0.618. The first-order valence-electron chi connectivity index (χ1n) is 9.00. The van der Waals surface area contributed by atoms with E-state index in [1.54, 1.807) is 16.5 Å². The number of carbonyl (C=O) groups is 2. The third-order valence-electron chi connectivity index (χ3n) is 4.96. The Kier molecular flexibility index (Phi) is 4.95. The minimum atomic E-state index is -0.509. The number of rotatable bonds is 5. The summed E-state index contributed by atoms with van der Waals surface area (Å²) in [6, 6.07) is 11.0. The standard InChI is InChI=1S/C20H19N3O4S/c1-13(14-5-3-2-4-6-14)23-11-15(9-17(23)24)19(26)27-12-16-10-18(25)22-7-8-28-20(22)21-16/h2-8,10,13,15H,9,11-12H2,1H3/t13-,15-/m1/s1. The topological polar surface area (TPSA) is 81.0 Å². The molecular weight excluding hydrogens is 378 g/mol. The Labute approximate surface area is 165 Å². The summed E-state index contributed by atoms with van der Waals surface area (Å²) in [5, 5.41) is 1.77. The van der Waals surface area contributed by atoms with Crippen molar-refractivity contribution in [3.8, 4) is 0 Å². The number of likely N-dealkylation sites (tertiary alicyclic amines) is 1. The van der Waals surface area contributed by atoms with Crippen LogP contribution >= 0.6 is 11.3 Å². The maximum Gasteiger partial charge on any atom is 0.311 e. The second kappa shape index (κ2) is 7.55. The van der Waals surface area contributed by atoms with Crippen LogP contribution in [0.3, 0.4) is 0 Å². The van der Waals surface area contributed by atoms with Crippen molar-refractivity contribution in [3.63, 3.8) is 0 Å². The number of hydrogen-bond acceptors (Lipinski definition) is 6. The minimum Gasteiger partial charge on any atom is -0.459 e. The molecule has 1 fully saturated rings. The lowest BCUT2D eigenvalue weighted by Crippen LogP contribution is -2.29. The van der Waals surface area contributed by atoms with Gasteiger partial charge in [-0.3, -0.25) is 18.8 Å². The average molecular weight is 397 g/mol. The molecule has 1 amide bonds. The normalized spacial score (nSPS) is 17.8. The van der Waals surface area contributed by atoms with Crippen LogP contribution in [0, 0.1) is 5.92 Å². The maximum absolute atomic E-state index is 12.5. The van der Waals surface area contributed by atoms with Crippen molar-refractivity contribution in [3.05, 3.63) is 69.6 Å². The van der Waals surface area contributed by atoms with Crippen LogP contribution in [-0.4, -0.2) is 32.7 Å². The largest absolute Gasteiger partial charge is 0.459 e. The van der Waals surface area contributed by atoms with E-state index < -0.39 is 11.9 Å². The summed E-state index contributed by atoms with van der Waals surface area (Å²) in [5.74, 6) is -1.01. The lowest BCUT2D eigenvalue weighted by atomic mass is 10.1. The summed E-state index contributed by atoms with van der Waals surface area (Å²) in [4.78, 5) is 43.4. The average Bonchev–Trinajstić information content (AvgIpc) is 3.33. The fraction of sp³-hybridized carbons (Fsp3) is 0.300. The van der Waals surface area contributed by atoms with Crippen LogP contribution in [-0.2, 0) is 20.9 Å². The molecule has 2 aromatic heterocycles. The smallest absolute Gasteiger partial charge is 0.311 e. The molecule has 0 unspecified atom stereocenters. The molecule has 28 heavy (non-hydrogen) atoms. The van der Waals surface area contributed by atoms with Gasteiger partial charge in [-0.1, -0.05) is 30.3 Å².